The van der Waals surface area contributed by atoms with Gasteiger partial charge in [0.25, 0.3) is 0 Å². The highest BCUT2D eigenvalue weighted by Crippen LogP contribution is 2.14. The molecule has 0 aliphatic rings. The van der Waals surface area contributed by atoms with E-state index in [0.29, 0.717) is 0 Å². The molecule has 2 rings (SSSR count). The maximum atomic E-state index is 6.17. The number of benzene rings is 1. The van der Waals surface area contributed by atoms with Crippen LogP contribution in [0.5, 0.6) is 5.75 Å². The Balaban J connectivity index is 1.82. The van der Waals surface area contributed by atoms with E-state index in [1.54, 1.807) is 7.11 Å². The van der Waals surface area contributed by atoms with E-state index >= 15 is 0 Å². The summed E-state index contributed by atoms with van der Waals surface area (Å²) < 4.78 is 6.14. The molecule has 20 heavy (non-hydrogen) atoms. The Bertz CT molecular complexity index is 525. The van der Waals surface area contributed by atoms with Gasteiger partial charge in [-0.2, -0.15) is 0 Å². The Labute approximate surface area is 128 Å². The molecule has 0 spiro atoms. The minimum Gasteiger partial charge on any atom is -0.497 e. The number of methoxy groups -OCH3 is 1. The molecule has 0 aliphatic heterocycles. The van der Waals surface area contributed by atoms with Crippen LogP contribution in [-0.4, -0.2) is 18.1 Å². The van der Waals surface area contributed by atoms with E-state index in [4.69, 9.17) is 10.5 Å². The Morgan fingerprint density at radius 2 is 1.95 bits per heavy atom. The number of aromatic nitrogens is 1. The van der Waals surface area contributed by atoms with Gasteiger partial charge >= 0.3 is 0 Å². The van der Waals surface area contributed by atoms with E-state index in [1.807, 2.05) is 30.5 Å². The molecule has 1 atom stereocenters. The van der Waals surface area contributed by atoms with Crippen LogP contribution < -0.4 is 10.5 Å². The van der Waals surface area contributed by atoms with Crippen molar-refractivity contribution in [2.24, 2.45) is 5.73 Å². The van der Waals surface area contributed by atoms with Gasteiger partial charge in [-0.15, -0.1) is 0 Å². The van der Waals surface area contributed by atoms with Gasteiger partial charge in [-0.25, -0.2) is 0 Å². The zero-order valence-corrected chi connectivity index (χ0v) is 13.1. The quantitative estimate of drug-likeness (QED) is 0.881. The molecule has 106 valence electrons. The molecule has 0 amide bonds. The third-order valence-corrected chi connectivity index (χ3v) is 3.69. The fourth-order valence-electron chi connectivity index (χ4n) is 2.04. The lowest BCUT2D eigenvalue weighted by molar-refractivity contribution is 0.414. The van der Waals surface area contributed by atoms with Gasteiger partial charge in [-0.05, 0) is 58.6 Å². The molecular formula is C16H19BrN2O. The largest absolute Gasteiger partial charge is 0.497 e. The lowest BCUT2D eigenvalue weighted by atomic mass is 10.0. The molecule has 0 fully saturated rings. The first-order valence-corrected chi connectivity index (χ1v) is 7.45. The number of pyridine rings is 1. The highest BCUT2D eigenvalue weighted by Gasteiger charge is 2.06. The van der Waals surface area contributed by atoms with Crippen LogP contribution in [0.15, 0.2) is 47.1 Å². The van der Waals surface area contributed by atoms with E-state index in [2.05, 4.69) is 33.0 Å². The van der Waals surface area contributed by atoms with Crippen LogP contribution in [0.25, 0.3) is 0 Å². The number of nitrogens with two attached hydrogens (primary N) is 1. The highest BCUT2D eigenvalue weighted by atomic mass is 79.9. The minimum atomic E-state index is 0.130. The summed E-state index contributed by atoms with van der Waals surface area (Å²) in [6, 6.07) is 12.3. The molecule has 4 heteroatoms. The number of ether oxygens (including phenoxy) is 1. The van der Waals surface area contributed by atoms with E-state index in [1.165, 1.54) is 5.56 Å². The van der Waals surface area contributed by atoms with Gasteiger partial charge in [-0.3, -0.25) is 4.98 Å². The van der Waals surface area contributed by atoms with Crippen LogP contribution in [0.2, 0.25) is 0 Å². The summed E-state index contributed by atoms with van der Waals surface area (Å²) >= 11 is 3.38. The van der Waals surface area contributed by atoms with Crippen molar-refractivity contribution in [2.45, 2.75) is 25.3 Å². The van der Waals surface area contributed by atoms with Crippen molar-refractivity contribution >= 4 is 15.9 Å². The molecule has 2 N–H and O–H groups in total. The Morgan fingerprint density at radius 3 is 2.55 bits per heavy atom. The zero-order chi connectivity index (χ0) is 14.4. The normalized spacial score (nSPS) is 12.2. The second kappa shape index (κ2) is 7.41. The van der Waals surface area contributed by atoms with Crippen molar-refractivity contribution in [3.63, 3.8) is 0 Å². The Morgan fingerprint density at radius 1 is 1.20 bits per heavy atom. The van der Waals surface area contributed by atoms with Crippen molar-refractivity contribution in [1.29, 1.82) is 0 Å². The summed E-state index contributed by atoms with van der Waals surface area (Å²) in [5.74, 6) is 0.886. The number of halogens is 1. The predicted molar refractivity (Wildman–Crippen MR) is 84.9 cm³/mol. The Kier molecular flexibility index (Phi) is 5.56. The standard InChI is InChI=1S/C16H19BrN2O/c1-20-16-8-3-12(4-9-16)2-6-14(18)10-15-7-5-13(17)11-19-15/h3-5,7-9,11,14H,2,6,10,18H2,1H3. The summed E-state index contributed by atoms with van der Waals surface area (Å²) in [6.07, 6.45) is 4.54. The summed E-state index contributed by atoms with van der Waals surface area (Å²) in [5, 5.41) is 0. The smallest absolute Gasteiger partial charge is 0.118 e. The molecule has 1 unspecified atom stereocenters. The van der Waals surface area contributed by atoms with E-state index < -0.39 is 0 Å². The molecule has 0 saturated heterocycles. The molecule has 1 aromatic heterocycles. The first-order valence-electron chi connectivity index (χ1n) is 6.66. The third kappa shape index (κ3) is 4.62. The van der Waals surface area contributed by atoms with Crippen molar-refractivity contribution in [1.82, 2.24) is 4.98 Å². The lowest BCUT2D eigenvalue weighted by Crippen LogP contribution is -2.24. The maximum absolute atomic E-state index is 6.17. The fourth-order valence-corrected chi connectivity index (χ4v) is 2.28. The number of rotatable bonds is 6. The summed E-state index contributed by atoms with van der Waals surface area (Å²) in [4.78, 5) is 4.35. The van der Waals surface area contributed by atoms with Gasteiger partial charge in [0.15, 0.2) is 0 Å². The second-order valence-corrected chi connectivity index (χ2v) is 5.73. The molecule has 2 aromatic rings. The van der Waals surface area contributed by atoms with Crippen molar-refractivity contribution in [3.8, 4) is 5.75 Å². The average molecular weight is 335 g/mol. The number of aryl methyl sites for hydroxylation is 1. The summed E-state index contributed by atoms with van der Waals surface area (Å²) in [7, 11) is 1.68. The highest BCUT2D eigenvalue weighted by molar-refractivity contribution is 9.10. The number of hydrogen-bond acceptors (Lipinski definition) is 3. The lowest BCUT2D eigenvalue weighted by Gasteiger charge is -2.11. The summed E-state index contributed by atoms with van der Waals surface area (Å²) in [6.45, 7) is 0. The number of hydrogen-bond donors (Lipinski definition) is 1. The van der Waals surface area contributed by atoms with E-state index in [9.17, 15) is 0 Å². The van der Waals surface area contributed by atoms with Crippen LogP contribution in [0.4, 0.5) is 0 Å². The molecule has 0 radical (unpaired) electrons. The predicted octanol–water partition coefficient (Wildman–Crippen LogP) is 3.36. The van der Waals surface area contributed by atoms with Crippen LogP contribution in [-0.2, 0) is 12.8 Å². The summed E-state index contributed by atoms with van der Waals surface area (Å²) in [5.41, 5.74) is 8.49. The third-order valence-electron chi connectivity index (χ3n) is 3.22. The molecule has 1 heterocycles. The SMILES string of the molecule is COc1ccc(CCC(N)Cc2ccc(Br)cn2)cc1. The molecule has 0 saturated carbocycles. The van der Waals surface area contributed by atoms with E-state index in [-0.39, 0.29) is 6.04 Å². The van der Waals surface area contributed by atoms with Gasteiger partial charge in [0.05, 0.1) is 7.11 Å². The monoisotopic (exact) mass is 334 g/mol. The van der Waals surface area contributed by atoms with Crippen LogP contribution >= 0.6 is 15.9 Å². The second-order valence-electron chi connectivity index (χ2n) is 4.82. The van der Waals surface area contributed by atoms with Gasteiger partial charge < -0.3 is 10.5 Å². The van der Waals surface area contributed by atoms with Crippen molar-refractivity contribution < 1.29 is 4.74 Å². The molecule has 0 bridgehead atoms. The first-order chi connectivity index (χ1) is 9.67. The van der Waals surface area contributed by atoms with Crippen LogP contribution in [0, 0.1) is 0 Å². The molecular weight excluding hydrogens is 316 g/mol. The van der Waals surface area contributed by atoms with Crippen molar-refractivity contribution in [2.75, 3.05) is 7.11 Å². The van der Waals surface area contributed by atoms with Gasteiger partial charge in [0, 0.05) is 28.8 Å². The molecule has 0 aliphatic carbocycles. The molecule has 1 aromatic carbocycles. The fraction of sp³-hybridized carbons (Fsp3) is 0.312. The molecule has 3 nitrogen and oxygen atoms in total. The van der Waals surface area contributed by atoms with Crippen LogP contribution in [0.3, 0.4) is 0 Å². The number of nitrogens with zero attached hydrogens (tertiary/aromatic N) is 1. The van der Waals surface area contributed by atoms with Crippen LogP contribution in [0.1, 0.15) is 17.7 Å². The maximum Gasteiger partial charge on any atom is 0.118 e. The average Bonchev–Trinajstić information content (AvgIpc) is 2.48. The minimum absolute atomic E-state index is 0.130. The van der Waals surface area contributed by atoms with Gasteiger partial charge in [0.2, 0.25) is 0 Å². The zero-order valence-electron chi connectivity index (χ0n) is 11.6. The first kappa shape index (κ1) is 15.0. The topological polar surface area (TPSA) is 48.1 Å². The van der Waals surface area contributed by atoms with Crippen molar-refractivity contribution in [3.05, 3.63) is 58.3 Å². The van der Waals surface area contributed by atoms with Gasteiger partial charge in [0.1, 0.15) is 5.75 Å². The Hall–Kier alpha value is -1.39. The van der Waals surface area contributed by atoms with Gasteiger partial charge in [-0.1, -0.05) is 12.1 Å². The van der Waals surface area contributed by atoms with E-state index in [0.717, 1.165) is 35.2 Å².